The summed E-state index contributed by atoms with van der Waals surface area (Å²) in [4.78, 5) is 24.7. The number of anilines is 2. The molecular weight excluding hydrogens is 408 g/mol. The van der Waals surface area contributed by atoms with E-state index in [2.05, 4.69) is 0 Å². The lowest BCUT2D eigenvalue weighted by Gasteiger charge is -2.29. The van der Waals surface area contributed by atoms with Gasteiger partial charge in [0.2, 0.25) is 0 Å². The number of benzene rings is 2. The molecule has 31 heavy (non-hydrogen) atoms. The first-order valence-electron chi connectivity index (χ1n) is 10.2. The summed E-state index contributed by atoms with van der Waals surface area (Å²) in [5.41, 5.74) is 0.640. The number of halogens is 2. The van der Waals surface area contributed by atoms with Gasteiger partial charge in [0.25, 0.3) is 0 Å². The second kappa shape index (κ2) is 10.9. The van der Waals surface area contributed by atoms with E-state index in [4.69, 9.17) is 14.6 Å². The van der Waals surface area contributed by atoms with Crippen molar-refractivity contribution in [3.05, 3.63) is 60.2 Å². The van der Waals surface area contributed by atoms with Crippen LogP contribution in [-0.2, 0) is 14.3 Å². The second-order valence-corrected chi connectivity index (χ2v) is 7.68. The van der Waals surface area contributed by atoms with Gasteiger partial charge in [-0.3, -0.25) is 0 Å². The third-order valence-corrected chi connectivity index (χ3v) is 5.25. The van der Waals surface area contributed by atoms with Crippen LogP contribution in [0.15, 0.2) is 48.5 Å². The summed E-state index contributed by atoms with van der Waals surface area (Å²) in [6, 6.07) is 10.8. The van der Waals surface area contributed by atoms with E-state index in [9.17, 15) is 18.4 Å². The number of ether oxygens (including phenoxy) is 2. The number of carboxylic acids is 1. The van der Waals surface area contributed by atoms with Gasteiger partial charge in [-0.2, -0.15) is 0 Å². The summed E-state index contributed by atoms with van der Waals surface area (Å²) >= 11 is 0. The summed E-state index contributed by atoms with van der Waals surface area (Å²) in [6.45, 7) is 0.222. The van der Waals surface area contributed by atoms with Crippen molar-refractivity contribution < 1.29 is 33.0 Å². The zero-order chi connectivity index (χ0) is 22.2. The SMILES string of the molecule is O=C(O)COCC1CCCC(COC(=O)N(c2ccc(F)cc2)c2cccc(F)c2)C1. The average molecular weight is 433 g/mol. The summed E-state index contributed by atoms with van der Waals surface area (Å²) in [7, 11) is 0. The molecule has 1 amide bonds. The molecule has 2 aromatic rings. The number of hydrogen-bond donors (Lipinski definition) is 1. The number of amides is 1. The Morgan fingerprint density at radius 3 is 2.35 bits per heavy atom. The Bertz CT molecular complexity index is 890. The first-order valence-corrected chi connectivity index (χ1v) is 10.2. The Hall–Kier alpha value is -3.00. The van der Waals surface area contributed by atoms with E-state index in [0.717, 1.165) is 25.7 Å². The molecule has 3 rings (SSSR count). The van der Waals surface area contributed by atoms with Crippen LogP contribution < -0.4 is 4.90 Å². The smallest absolute Gasteiger partial charge is 0.418 e. The number of carbonyl (C=O) groups is 2. The predicted octanol–water partition coefficient (Wildman–Crippen LogP) is 5.15. The maximum atomic E-state index is 13.8. The van der Waals surface area contributed by atoms with E-state index >= 15 is 0 Å². The van der Waals surface area contributed by atoms with E-state index < -0.39 is 23.7 Å². The van der Waals surface area contributed by atoms with Crippen molar-refractivity contribution in [3.63, 3.8) is 0 Å². The quantitative estimate of drug-likeness (QED) is 0.623. The number of carbonyl (C=O) groups excluding carboxylic acids is 1. The lowest BCUT2D eigenvalue weighted by molar-refractivity contribution is -0.142. The van der Waals surface area contributed by atoms with Gasteiger partial charge in [0, 0.05) is 0 Å². The number of rotatable bonds is 8. The molecule has 8 heteroatoms. The van der Waals surface area contributed by atoms with Gasteiger partial charge in [-0.15, -0.1) is 0 Å². The molecule has 0 saturated heterocycles. The summed E-state index contributed by atoms with van der Waals surface area (Å²) in [5.74, 6) is -1.62. The highest BCUT2D eigenvalue weighted by Crippen LogP contribution is 2.31. The standard InChI is InChI=1S/C23H25F2NO5/c24-18-7-9-20(10-8-18)26(21-6-2-5-19(25)12-21)23(29)31-14-17-4-1-3-16(11-17)13-30-15-22(27)28/h2,5-10,12,16-17H,1,3-4,11,13-15H2,(H,27,28). The second-order valence-electron chi connectivity index (χ2n) is 7.68. The Kier molecular flexibility index (Phi) is 7.94. The number of carboxylic acid groups (broad SMARTS) is 1. The van der Waals surface area contributed by atoms with Crippen LogP contribution in [0.3, 0.4) is 0 Å². The van der Waals surface area contributed by atoms with Crippen molar-refractivity contribution in [2.75, 3.05) is 24.7 Å². The van der Waals surface area contributed by atoms with E-state index in [1.165, 1.54) is 47.4 Å². The minimum absolute atomic E-state index is 0.124. The normalized spacial score (nSPS) is 18.4. The van der Waals surface area contributed by atoms with Gasteiger partial charge in [0.1, 0.15) is 18.2 Å². The molecule has 6 nitrogen and oxygen atoms in total. The minimum Gasteiger partial charge on any atom is -0.480 e. The molecule has 2 atom stereocenters. The zero-order valence-corrected chi connectivity index (χ0v) is 17.0. The van der Waals surface area contributed by atoms with Crippen LogP contribution in [0.4, 0.5) is 25.0 Å². The fourth-order valence-electron chi connectivity index (χ4n) is 3.84. The molecular formula is C23H25F2NO5. The largest absolute Gasteiger partial charge is 0.480 e. The fraction of sp³-hybridized carbons (Fsp3) is 0.391. The van der Waals surface area contributed by atoms with Gasteiger partial charge in [-0.1, -0.05) is 12.5 Å². The molecule has 1 fully saturated rings. The van der Waals surface area contributed by atoms with E-state index in [0.29, 0.717) is 12.3 Å². The molecule has 1 N–H and O–H groups in total. The molecule has 0 radical (unpaired) electrons. The van der Waals surface area contributed by atoms with Crippen LogP contribution in [0, 0.1) is 23.5 Å². The van der Waals surface area contributed by atoms with Crippen LogP contribution in [0.25, 0.3) is 0 Å². The third-order valence-electron chi connectivity index (χ3n) is 5.25. The molecule has 0 aliphatic heterocycles. The molecule has 0 heterocycles. The highest BCUT2D eigenvalue weighted by atomic mass is 19.1. The summed E-state index contributed by atoms with van der Waals surface area (Å²) < 4.78 is 37.8. The lowest BCUT2D eigenvalue weighted by atomic mass is 9.82. The van der Waals surface area contributed by atoms with E-state index in [-0.39, 0.29) is 30.7 Å². The van der Waals surface area contributed by atoms with Crippen molar-refractivity contribution in [1.29, 1.82) is 0 Å². The Morgan fingerprint density at radius 1 is 0.968 bits per heavy atom. The van der Waals surface area contributed by atoms with Crippen molar-refractivity contribution in [3.8, 4) is 0 Å². The van der Waals surface area contributed by atoms with Crippen LogP contribution >= 0.6 is 0 Å². The van der Waals surface area contributed by atoms with Gasteiger partial charge < -0.3 is 14.6 Å². The molecule has 2 aromatic carbocycles. The van der Waals surface area contributed by atoms with Crippen molar-refractivity contribution in [1.82, 2.24) is 0 Å². The topological polar surface area (TPSA) is 76.1 Å². The molecule has 166 valence electrons. The van der Waals surface area contributed by atoms with Crippen molar-refractivity contribution in [2.45, 2.75) is 25.7 Å². The number of nitrogens with zero attached hydrogens (tertiary/aromatic N) is 1. The molecule has 1 saturated carbocycles. The molecule has 0 bridgehead atoms. The van der Waals surface area contributed by atoms with E-state index in [1.807, 2.05) is 0 Å². The van der Waals surface area contributed by atoms with Crippen molar-refractivity contribution in [2.24, 2.45) is 11.8 Å². The average Bonchev–Trinajstić information content (AvgIpc) is 2.74. The van der Waals surface area contributed by atoms with Gasteiger partial charge in [-0.25, -0.2) is 23.3 Å². The van der Waals surface area contributed by atoms with Gasteiger partial charge >= 0.3 is 12.1 Å². The van der Waals surface area contributed by atoms with Crippen LogP contribution in [0.2, 0.25) is 0 Å². The Labute approximate surface area is 179 Å². The molecule has 0 aromatic heterocycles. The minimum atomic E-state index is -1.00. The molecule has 2 unspecified atom stereocenters. The first kappa shape index (κ1) is 22.7. The zero-order valence-electron chi connectivity index (χ0n) is 17.0. The summed E-state index contributed by atoms with van der Waals surface area (Å²) in [6.07, 6.45) is 2.86. The van der Waals surface area contributed by atoms with Crippen LogP contribution in [-0.4, -0.2) is 37.0 Å². The number of aliphatic carboxylic acids is 1. The molecule has 1 aliphatic rings. The lowest BCUT2D eigenvalue weighted by Crippen LogP contribution is -2.30. The van der Waals surface area contributed by atoms with Crippen LogP contribution in [0.1, 0.15) is 25.7 Å². The van der Waals surface area contributed by atoms with E-state index in [1.54, 1.807) is 6.07 Å². The number of hydrogen-bond acceptors (Lipinski definition) is 4. The van der Waals surface area contributed by atoms with Gasteiger partial charge in [-0.05, 0) is 73.6 Å². The highest BCUT2D eigenvalue weighted by Gasteiger charge is 2.26. The fourth-order valence-corrected chi connectivity index (χ4v) is 3.84. The highest BCUT2D eigenvalue weighted by molar-refractivity contribution is 5.95. The van der Waals surface area contributed by atoms with Gasteiger partial charge in [0.15, 0.2) is 0 Å². The molecule has 0 spiro atoms. The third kappa shape index (κ3) is 6.75. The van der Waals surface area contributed by atoms with Crippen LogP contribution in [0.5, 0.6) is 0 Å². The Morgan fingerprint density at radius 2 is 1.68 bits per heavy atom. The Balaban J connectivity index is 1.64. The summed E-state index contributed by atoms with van der Waals surface area (Å²) in [5, 5.41) is 8.68. The molecule has 1 aliphatic carbocycles. The monoisotopic (exact) mass is 433 g/mol. The van der Waals surface area contributed by atoms with Crippen molar-refractivity contribution >= 4 is 23.4 Å². The predicted molar refractivity (Wildman–Crippen MR) is 110 cm³/mol. The maximum absolute atomic E-state index is 13.8. The first-order chi connectivity index (χ1) is 14.9. The maximum Gasteiger partial charge on any atom is 0.418 e. The van der Waals surface area contributed by atoms with Gasteiger partial charge in [0.05, 0.1) is 24.6 Å².